The minimum absolute atomic E-state index is 0.131. The smallest absolute Gasteiger partial charge is 0.126 e. The molecule has 0 aliphatic carbocycles. The molecule has 4 rings (SSSR count). The van der Waals surface area contributed by atoms with Gasteiger partial charge in [-0.2, -0.15) is 0 Å². The molecule has 2 aromatic carbocycles. The molecule has 0 spiro atoms. The highest BCUT2D eigenvalue weighted by atomic mass is 16.5. The van der Waals surface area contributed by atoms with Crippen LogP contribution in [0.5, 0.6) is 5.75 Å². The van der Waals surface area contributed by atoms with Crippen molar-refractivity contribution >= 4 is 10.8 Å². The van der Waals surface area contributed by atoms with Crippen molar-refractivity contribution in [2.24, 2.45) is 0 Å². The maximum Gasteiger partial charge on any atom is 0.126 e. The van der Waals surface area contributed by atoms with Crippen LogP contribution in [0.1, 0.15) is 23.1 Å². The van der Waals surface area contributed by atoms with Crippen molar-refractivity contribution in [1.82, 2.24) is 14.9 Å². The van der Waals surface area contributed by atoms with Gasteiger partial charge in [0.15, 0.2) is 0 Å². The first-order valence-corrected chi connectivity index (χ1v) is 8.64. The normalized spacial score (nSPS) is 18.6. The van der Waals surface area contributed by atoms with Crippen molar-refractivity contribution in [3.05, 3.63) is 59.7 Å². The zero-order valence-electron chi connectivity index (χ0n) is 14.7. The molecule has 0 amide bonds. The van der Waals surface area contributed by atoms with E-state index in [0.29, 0.717) is 6.61 Å². The number of aryl methyl sites for hydroxylation is 1. The fourth-order valence-corrected chi connectivity index (χ4v) is 3.55. The van der Waals surface area contributed by atoms with Crippen LogP contribution in [0, 0.1) is 6.92 Å². The molecule has 1 aliphatic rings. The Kier molecular flexibility index (Phi) is 4.42. The fourth-order valence-electron chi connectivity index (χ4n) is 3.55. The number of methoxy groups -OCH3 is 1. The zero-order chi connectivity index (χ0) is 17.2. The highest BCUT2D eigenvalue weighted by molar-refractivity contribution is 5.87. The predicted molar refractivity (Wildman–Crippen MR) is 97.8 cm³/mol. The number of hydrogen-bond acceptors (Lipinski definition) is 4. The van der Waals surface area contributed by atoms with Gasteiger partial charge in [0.2, 0.25) is 0 Å². The predicted octanol–water partition coefficient (Wildman–Crippen LogP) is 3.45. The molecule has 0 bridgehead atoms. The molecule has 5 nitrogen and oxygen atoms in total. The molecule has 1 atom stereocenters. The Morgan fingerprint density at radius 1 is 1.28 bits per heavy atom. The van der Waals surface area contributed by atoms with E-state index in [-0.39, 0.29) is 6.04 Å². The number of nitrogens with zero attached hydrogens (tertiary/aromatic N) is 2. The summed E-state index contributed by atoms with van der Waals surface area (Å²) in [5.41, 5.74) is 2.29. The number of aromatic nitrogens is 2. The zero-order valence-corrected chi connectivity index (χ0v) is 14.7. The highest BCUT2D eigenvalue weighted by Crippen LogP contribution is 2.32. The summed E-state index contributed by atoms with van der Waals surface area (Å²) < 4.78 is 11.4. The van der Waals surface area contributed by atoms with Crippen LogP contribution in [0.3, 0.4) is 0 Å². The Morgan fingerprint density at radius 2 is 2.16 bits per heavy atom. The minimum Gasteiger partial charge on any atom is -0.496 e. The number of aromatic amines is 1. The highest BCUT2D eigenvalue weighted by Gasteiger charge is 2.28. The van der Waals surface area contributed by atoms with Gasteiger partial charge in [0, 0.05) is 30.5 Å². The minimum atomic E-state index is 0.131. The molecule has 0 saturated carbocycles. The van der Waals surface area contributed by atoms with Gasteiger partial charge in [-0.1, -0.05) is 30.3 Å². The Morgan fingerprint density at radius 3 is 2.96 bits per heavy atom. The first-order valence-electron chi connectivity index (χ1n) is 8.64. The number of nitrogens with one attached hydrogen (secondary N) is 1. The molecular weight excluding hydrogens is 314 g/mol. The van der Waals surface area contributed by atoms with Crippen LogP contribution < -0.4 is 4.74 Å². The molecule has 1 fully saturated rings. The van der Waals surface area contributed by atoms with E-state index < -0.39 is 0 Å². The van der Waals surface area contributed by atoms with E-state index in [1.807, 2.05) is 13.1 Å². The van der Waals surface area contributed by atoms with Crippen molar-refractivity contribution in [3.8, 4) is 5.75 Å². The molecule has 1 saturated heterocycles. The summed E-state index contributed by atoms with van der Waals surface area (Å²) in [5.74, 6) is 1.90. The van der Waals surface area contributed by atoms with Crippen LogP contribution >= 0.6 is 0 Å². The molecule has 5 heteroatoms. The molecular formula is C20H23N3O2. The average Bonchev–Trinajstić information content (AvgIpc) is 3.08. The number of rotatable bonds is 4. The molecule has 1 unspecified atom stereocenters. The van der Waals surface area contributed by atoms with E-state index >= 15 is 0 Å². The summed E-state index contributed by atoms with van der Waals surface area (Å²) >= 11 is 0. The van der Waals surface area contributed by atoms with Gasteiger partial charge in [-0.15, -0.1) is 0 Å². The third-order valence-electron chi connectivity index (χ3n) is 4.86. The Balaban J connectivity index is 1.71. The molecule has 2 heterocycles. The van der Waals surface area contributed by atoms with E-state index in [9.17, 15) is 0 Å². The van der Waals surface area contributed by atoms with Crippen LogP contribution in [0.15, 0.2) is 42.6 Å². The SMILES string of the molecule is COc1ccc2ccccc2c1CN1CCOCC1c1ncc(C)[nH]1. The number of morpholine rings is 1. The number of ether oxygens (including phenoxy) is 2. The van der Waals surface area contributed by atoms with Gasteiger partial charge in [0.1, 0.15) is 11.6 Å². The van der Waals surface area contributed by atoms with Crippen molar-refractivity contribution in [2.45, 2.75) is 19.5 Å². The first kappa shape index (κ1) is 16.1. The quantitative estimate of drug-likeness (QED) is 0.792. The lowest BCUT2D eigenvalue weighted by Gasteiger charge is -2.35. The molecule has 1 N–H and O–H groups in total. The molecule has 1 aromatic heterocycles. The van der Waals surface area contributed by atoms with E-state index in [1.165, 1.54) is 16.3 Å². The van der Waals surface area contributed by atoms with Crippen molar-refractivity contribution < 1.29 is 9.47 Å². The molecule has 3 aromatic rings. The van der Waals surface area contributed by atoms with E-state index in [2.05, 4.69) is 51.3 Å². The Labute approximate surface area is 147 Å². The van der Waals surface area contributed by atoms with Crippen LogP contribution in [-0.2, 0) is 11.3 Å². The third-order valence-corrected chi connectivity index (χ3v) is 4.86. The second-order valence-electron chi connectivity index (χ2n) is 6.48. The number of hydrogen-bond donors (Lipinski definition) is 1. The summed E-state index contributed by atoms with van der Waals surface area (Å²) in [6.07, 6.45) is 1.88. The standard InChI is InChI=1S/C20H23N3O2/c1-14-11-21-20(22-14)18-13-25-10-9-23(18)12-17-16-6-4-3-5-15(16)7-8-19(17)24-2/h3-8,11,18H,9-10,12-13H2,1-2H3,(H,21,22). The van der Waals surface area contributed by atoms with E-state index in [0.717, 1.165) is 37.0 Å². The largest absolute Gasteiger partial charge is 0.496 e. The van der Waals surface area contributed by atoms with Crippen LogP contribution in [0.4, 0.5) is 0 Å². The van der Waals surface area contributed by atoms with Gasteiger partial charge >= 0.3 is 0 Å². The van der Waals surface area contributed by atoms with Gasteiger partial charge in [-0.25, -0.2) is 4.98 Å². The molecule has 0 radical (unpaired) electrons. The monoisotopic (exact) mass is 337 g/mol. The van der Waals surface area contributed by atoms with E-state index in [1.54, 1.807) is 7.11 Å². The number of benzene rings is 2. The van der Waals surface area contributed by atoms with Crippen molar-refractivity contribution in [2.75, 3.05) is 26.9 Å². The lowest BCUT2D eigenvalue weighted by Crippen LogP contribution is -2.39. The number of fused-ring (bicyclic) bond motifs is 1. The maximum atomic E-state index is 5.72. The maximum absolute atomic E-state index is 5.72. The van der Waals surface area contributed by atoms with Gasteiger partial charge in [0.05, 0.1) is 26.4 Å². The molecule has 130 valence electrons. The van der Waals surface area contributed by atoms with Gasteiger partial charge in [-0.3, -0.25) is 4.90 Å². The third kappa shape index (κ3) is 3.13. The summed E-state index contributed by atoms with van der Waals surface area (Å²) in [5, 5.41) is 2.47. The van der Waals surface area contributed by atoms with E-state index in [4.69, 9.17) is 9.47 Å². The van der Waals surface area contributed by atoms with Gasteiger partial charge in [0.25, 0.3) is 0 Å². The van der Waals surface area contributed by atoms with Crippen LogP contribution in [0.2, 0.25) is 0 Å². The lowest BCUT2D eigenvalue weighted by molar-refractivity contribution is -0.0157. The van der Waals surface area contributed by atoms with Gasteiger partial charge in [-0.05, 0) is 23.8 Å². The van der Waals surface area contributed by atoms with Crippen molar-refractivity contribution in [3.63, 3.8) is 0 Å². The summed E-state index contributed by atoms with van der Waals surface area (Å²) in [6.45, 7) is 5.09. The van der Waals surface area contributed by atoms with Gasteiger partial charge < -0.3 is 14.5 Å². The molecule has 25 heavy (non-hydrogen) atoms. The number of H-pyrrole nitrogens is 1. The average molecular weight is 337 g/mol. The van der Waals surface area contributed by atoms with Crippen LogP contribution in [-0.4, -0.2) is 41.7 Å². The number of imidazole rings is 1. The topological polar surface area (TPSA) is 50.4 Å². The summed E-state index contributed by atoms with van der Waals surface area (Å²) in [7, 11) is 1.74. The second-order valence-corrected chi connectivity index (χ2v) is 6.48. The lowest BCUT2D eigenvalue weighted by atomic mass is 10.0. The Hall–Kier alpha value is -2.37. The summed E-state index contributed by atoms with van der Waals surface area (Å²) in [4.78, 5) is 10.3. The van der Waals surface area contributed by atoms with Crippen molar-refractivity contribution in [1.29, 1.82) is 0 Å². The summed E-state index contributed by atoms with van der Waals surface area (Å²) in [6, 6.07) is 12.8. The Bertz CT molecular complexity index is 874. The second kappa shape index (κ2) is 6.86. The van der Waals surface area contributed by atoms with Crippen LogP contribution in [0.25, 0.3) is 10.8 Å². The fraction of sp³-hybridized carbons (Fsp3) is 0.350. The first-order chi connectivity index (χ1) is 12.3. The molecule has 1 aliphatic heterocycles.